The molecule has 0 aliphatic rings. The number of likely N-dealkylation sites (N-methyl/N-ethyl adjacent to an activating group) is 1. The number of nitrogens with one attached hydrogen (secondary N) is 1. The van der Waals surface area contributed by atoms with E-state index in [2.05, 4.69) is 62.5 Å². The molecule has 2 heteroatoms. The van der Waals surface area contributed by atoms with Crippen LogP contribution in [0.4, 0.5) is 0 Å². The van der Waals surface area contributed by atoms with Crippen molar-refractivity contribution in [1.29, 1.82) is 0 Å². The summed E-state index contributed by atoms with van der Waals surface area (Å²) in [6.07, 6.45) is 0.158. The highest BCUT2D eigenvalue weighted by Crippen LogP contribution is 2.21. The molecular formula is C16H21NO. The molecule has 2 nitrogen and oxygen atoms in total. The zero-order valence-electron chi connectivity index (χ0n) is 11.3. The fraction of sp³-hybridized carbons (Fsp3) is 0.375. The second-order valence-corrected chi connectivity index (χ2v) is 4.68. The number of hydrogen-bond donors (Lipinski definition) is 1. The summed E-state index contributed by atoms with van der Waals surface area (Å²) in [5, 5.41) is 5.85. The summed E-state index contributed by atoms with van der Waals surface area (Å²) in [4.78, 5) is 0. The van der Waals surface area contributed by atoms with Gasteiger partial charge in [-0.3, -0.25) is 0 Å². The van der Waals surface area contributed by atoms with Gasteiger partial charge in [-0.1, -0.05) is 37.3 Å². The largest absolute Gasteiger partial charge is 0.489 e. The average molecular weight is 243 g/mol. The van der Waals surface area contributed by atoms with Gasteiger partial charge in [0.1, 0.15) is 11.9 Å². The van der Waals surface area contributed by atoms with Gasteiger partial charge in [-0.25, -0.2) is 0 Å². The van der Waals surface area contributed by atoms with Gasteiger partial charge in [-0.05, 0) is 43.3 Å². The first kappa shape index (κ1) is 12.9. The van der Waals surface area contributed by atoms with Crippen molar-refractivity contribution in [2.75, 3.05) is 6.54 Å². The van der Waals surface area contributed by atoms with Gasteiger partial charge in [0.05, 0.1) is 0 Å². The number of ether oxygens (including phenoxy) is 1. The minimum atomic E-state index is 0.158. The Morgan fingerprint density at radius 1 is 1.06 bits per heavy atom. The lowest BCUT2D eigenvalue weighted by Gasteiger charge is -2.22. The molecule has 2 aromatic carbocycles. The Balaban J connectivity index is 2.12. The summed E-state index contributed by atoms with van der Waals surface area (Å²) in [6, 6.07) is 14.9. The third kappa shape index (κ3) is 3.02. The van der Waals surface area contributed by atoms with E-state index in [-0.39, 0.29) is 6.10 Å². The molecular weight excluding hydrogens is 222 g/mol. The first-order valence-electron chi connectivity index (χ1n) is 6.59. The highest BCUT2D eigenvalue weighted by atomic mass is 16.5. The fourth-order valence-corrected chi connectivity index (χ4v) is 2.05. The molecule has 2 unspecified atom stereocenters. The molecule has 0 saturated heterocycles. The molecule has 0 heterocycles. The number of rotatable bonds is 5. The van der Waals surface area contributed by atoms with E-state index in [1.54, 1.807) is 0 Å². The van der Waals surface area contributed by atoms with Crippen LogP contribution in [0.3, 0.4) is 0 Å². The molecule has 0 aliphatic carbocycles. The van der Waals surface area contributed by atoms with Crippen molar-refractivity contribution in [3.05, 3.63) is 42.5 Å². The number of hydrogen-bond acceptors (Lipinski definition) is 2. The Morgan fingerprint density at radius 3 is 2.50 bits per heavy atom. The lowest BCUT2D eigenvalue weighted by Crippen LogP contribution is -2.38. The Hall–Kier alpha value is -1.54. The summed E-state index contributed by atoms with van der Waals surface area (Å²) in [5.74, 6) is 0.936. The van der Waals surface area contributed by atoms with Crippen molar-refractivity contribution in [3.8, 4) is 5.75 Å². The minimum Gasteiger partial charge on any atom is -0.489 e. The molecule has 0 radical (unpaired) electrons. The Bertz CT molecular complexity index is 509. The molecule has 2 aromatic rings. The van der Waals surface area contributed by atoms with E-state index in [4.69, 9.17) is 4.74 Å². The summed E-state index contributed by atoms with van der Waals surface area (Å²) in [5.41, 5.74) is 0. The van der Waals surface area contributed by atoms with Crippen LogP contribution in [0.1, 0.15) is 20.8 Å². The normalized spacial score (nSPS) is 14.4. The van der Waals surface area contributed by atoms with Crippen LogP contribution in [0.25, 0.3) is 10.8 Å². The van der Waals surface area contributed by atoms with Gasteiger partial charge in [0.2, 0.25) is 0 Å². The SMILES string of the molecule is CCNC(C)C(C)Oc1ccc2ccccc2c1. The van der Waals surface area contributed by atoms with Gasteiger partial charge in [0, 0.05) is 6.04 Å². The number of fused-ring (bicyclic) bond motifs is 1. The zero-order chi connectivity index (χ0) is 13.0. The van der Waals surface area contributed by atoms with Crippen LogP contribution in [-0.4, -0.2) is 18.7 Å². The van der Waals surface area contributed by atoms with E-state index >= 15 is 0 Å². The molecule has 2 atom stereocenters. The summed E-state index contributed by atoms with van der Waals surface area (Å²) in [7, 11) is 0. The van der Waals surface area contributed by atoms with Crippen molar-refractivity contribution in [2.45, 2.75) is 32.9 Å². The van der Waals surface area contributed by atoms with E-state index in [0.29, 0.717) is 6.04 Å². The minimum absolute atomic E-state index is 0.158. The molecule has 0 saturated carbocycles. The molecule has 1 N–H and O–H groups in total. The Labute approximate surface area is 109 Å². The second-order valence-electron chi connectivity index (χ2n) is 4.68. The highest BCUT2D eigenvalue weighted by molar-refractivity contribution is 5.83. The van der Waals surface area contributed by atoms with Crippen molar-refractivity contribution < 1.29 is 4.74 Å². The van der Waals surface area contributed by atoms with Crippen LogP contribution in [0.2, 0.25) is 0 Å². The van der Waals surface area contributed by atoms with E-state index in [9.17, 15) is 0 Å². The third-order valence-corrected chi connectivity index (χ3v) is 3.27. The lowest BCUT2D eigenvalue weighted by atomic mass is 10.1. The van der Waals surface area contributed by atoms with Crippen LogP contribution in [0, 0.1) is 0 Å². The van der Waals surface area contributed by atoms with E-state index < -0.39 is 0 Å². The molecule has 0 bridgehead atoms. The summed E-state index contributed by atoms with van der Waals surface area (Å²) < 4.78 is 5.97. The van der Waals surface area contributed by atoms with E-state index in [1.807, 2.05) is 6.07 Å². The van der Waals surface area contributed by atoms with Crippen molar-refractivity contribution in [1.82, 2.24) is 5.32 Å². The maximum absolute atomic E-state index is 5.97. The predicted octanol–water partition coefficient (Wildman–Crippen LogP) is 3.61. The smallest absolute Gasteiger partial charge is 0.120 e. The highest BCUT2D eigenvalue weighted by Gasteiger charge is 2.12. The van der Waals surface area contributed by atoms with Gasteiger partial charge < -0.3 is 10.1 Å². The van der Waals surface area contributed by atoms with Crippen LogP contribution in [0.5, 0.6) is 5.75 Å². The molecule has 0 spiro atoms. The van der Waals surface area contributed by atoms with Crippen LogP contribution < -0.4 is 10.1 Å². The zero-order valence-corrected chi connectivity index (χ0v) is 11.3. The fourth-order valence-electron chi connectivity index (χ4n) is 2.05. The second kappa shape index (κ2) is 5.87. The lowest BCUT2D eigenvalue weighted by molar-refractivity contribution is 0.179. The maximum atomic E-state index is 5.97. The molecule has 0 aromatic heterocycles. The molecule has 0 aliphatic heterocycles. The van der Waals surface area contributed by atoms with Gasteiger partial charge in [0.25, 0.3) is 0 Å². The standard InChI is InChI=1S/C16H21NO/c1-4-17-12(2)13(3)18-16-10-9-14-7-5-6-8-15(14)11-16/h5-13,17H,4H2,1-3H3. The van der Waals surface area contributed by atoms with Gasteiger partial charge >= 0.3 is 0 Å². The van der Waals surface area contributed by atoms with Crippen LogP contribution >= 0.6 is 0 Å². The van der Waals surface area contributed by atoms with Crippen LogP contribution in [-0.2, 0) is 0 Å². The molecule has 0 fully saturated rings. The molecule has 0 amide bonds. The first-order chi connectivity index (χ1) is 8.70. The Morgan fingerprint density at radius 2 is 1.78 bits per heavy atom. The van der Waals surface area contributed by atoms with Crippen molar-refractivity contribution in [3.63, 3.8) is 0 Å². The average Bonchev–Trinajstić information content (AvgIpc) is 2.39. The summed E-state index contributed by atoms with van der Waals surface area (Å²) in [6.45, 7) is 7.32. The third-order valence-electron chi connectivity index (χ3n) is 3.27. The first-order valence-corrected chi connectivity index (χ1v) is 6.59. The van der Waals surface area contributed by atoms with Crippen molar-refractivity contribution >= 4 is 10.8 Å². The van der Waals surface area contributed by atoms with Gasteiger partial charge in [0.15, 0.2) is 0 Å². The van der Waals surface area contributed by atoms with Gasteiger partial charge in [-0.15, -0.1) is 0 Å². The molecule has 18 heavy (non-hydrogen) atoms. The Kier molecular flexibility index (Phi) is 4.21. The number of benzene rings is 2. The molecule has 96 valence electrons. The van der Waals surface area contributed by atoms with E-state index in [1.165, 1.54) is 10.8 Å². The summed E-state index contributed by atoms with van der Waals surface area (Å²) >= 11 is 0. The quantitative estimate of drug-likeness (QED) is 0.866. The van der Waals surface area contributed by atoms with Crippen LogP contribution in [0.15, 0.2) is 42.5 Å². The topological polar surface area (TPSA) is 21.3 Å². The van der Waals surface area contributed by atoms with Gasteiger partial charge in [-0.2, -0.15) is 0 Å². The van der Waals surface area contributed by atoms with Crippen molar-refractivity contribution in [2.24, 2.45) is 0 Å². The monoisotopic (exact) mass is 243 g/mol. The maximum Gasteiger partial charge on any atom is 0.120 e. The van der Waals surface area contributed by atoms with E-state index in [0.717, 1.165) is 12.3 Å². The molecule has 2 rings (SSSR count). The predicted molar refractivity (Wildman–Crippen MR) is 77.2 cm³/mol.